The fourth-order valence-electron chi connectivity index (χ4n) is 3.32. The Labute approximate surface area is 169 Å². The first-order valence-corrected chi connectivity index (χ1v) is 9.73. The minimum atomic E-state index is -4.50. The Balaban J connectivity index is 1.89. The number of aliphatic hydroxyl groups is 1. The van der Waals surface area contributed by atoms with Crippen molar-refractivity contribution < 1.29 is 27.9 Å². The molecule has 0 saturated carbocycles. The van der Waals surface area contributed by atoms with Gasteiger partial charge in [0.1, 0.15) is 6.10 Å². The van der Waals surface area contributed by atoms with Gasteiger partial charge in [-0.25, -0.2) is 0 Å². The summed E-state index contributed by atoms with van der Waals surface area (Å²) in [7, 11) is 0. The third-order valence-electron chi connectivity index (χ3n) is 5.20. The molecule has 1 fully saturated rings. The summed E-state index contributed by atoms with van der Waals surface area (Å²) < 4.78 is 38.8. The van der Waals surface area contributed by atoms with Crippen molar-refractivity contribution >= 4 is 11.8 Å². The molecule has 1 aliphatic rings. The number of likely N-dealkylation sites (tertiary alicyclic amines) is 1. The van der Waals surface area contributed by atoms with Gasteiger partial charge in [-0.1, -0.05) is 20.8 Å². The number of hydrogen-bond donors (Lipinski definition) is 2. The van der Waals surface area contributed by atoms with Gasteiger partial charge in [-0.3, -0.25) is 9.59 Å². The number of benzene rings is 1. The maximum absolute atomic E-state index is 12.9. The van der Waals surface area contributed by atoms with E-state index in [0.717, 1.165) is 12.1 Å². The van der Waals surface area contributed by atoms with Crippen LogP contribution in [0, 0.1) is 18.3 Å². The normalized spacial score (nSPS) is 17.2. The van der Waals surface area contributed by atoms with Crippen LogP contribution in [0.2, 0.25) is 0 Å². The summed E-state index contributed by atoms with van der Waals surface area (Å²) in [6.45, 7) is 8.21. The first kappa shape index (κ1) is 23.2. The molecule has 1 aromatic carbocycles. The van der Waals surface area contributed by atoms with Crippen LogP contribution in [0.4, 0.5) is 13.2 Å². The van der Waals surface area contributed by atoms with Crippen molar-refractivity contribution in [1.82, 2.24) is 10.2 Å². The number of rotatable bonds is 4. The third kappa shape index (κ3) is 6.19. The van der Waals surface area contributed by atoms with Gasteiger partial charge in [0.15, 0.2) is 0 Å². The van der Waals surface area contributed by atoms with E-state index in [1.54, 1.807) is 25.7 Å². The van der Waals surface area contributed by atoms with Crippen LogP contribution in [0.3, 0.4) is 0 Å². The number of nitrogens with one attached hydrogen (secondary N) is 1. The minimum Gasteiger partial charge on any atom is -0.383 e. The average Bonchev–Trinajstić information content (AvgIpc) is 2.63. The Hall–Kier alpha value is -2.09. The molecule has 8 heteroatoms. The standard InChI is InChI=1S/C21H29F3N2O3/c1-13-9-15(11-16(10-13)21(22,23)24)18(28)25-12-14-5-7-26(8-6-14)19(29)17(27)20(2,3)4/h9-11,14,17,27H,5-8,12H2,1-4H3,(H,25,28)/t17-/m1/s1. The summed E-state index contributed by atoms with van der Waals surface area (Å²) in [6.07, 6.45) is -4.25. The smallest absolute Gasteiger partial charge is 0.383 e. The highest BCUT2D eigenvalue weighted by atomic mass is 19.4. The Bertz CT molecular complexity index is 749. The molecule has 0 radical (unpaired) electrons. The largest absolute Gasteiger partial charge is 0.416 e. The Morgan fingerprint density at radius 3 is 2.28 bits per heavy atom. The molecule has 1 saturated heterocycles. The van der Waals surface area contributed by atoms with Gasteiger partial charge in [0.2, 0.25) is 0 Å². The summed E-state index contributed by atoms with van der Waals surface area (Å²) >= 11 is 0. The van der Waals surface area contributed by atoms with Crippen molar-refractivity contribution in [3.63, 3.8) is 0 Å². The molecular formula is C21H29F3N2O3. The molecule has 5 nitrogen and oxygen atoms in total. The predicted octanol–water partition coefficient (Wildman–Crippen LogP) is 3.39. The summed E-state index contributed by atoms with van der Waals surface area (Å²) in [6, 6.07) is 3.30. The second kappa shape index (κ2) is 8.73. The number of hydrogen-bond acceptors (Lipinski definition) is 3. The molecule has 2 rings (SSSR count). The van der Waals surface area contributed by atoms with E-state index in [4.69, 9.17) is 0 Å². The van der Waals surface area contributed by atoms with Crippen LogP contribution >= 0.6 is 0 Å². The maximum Gasteiger partial charge on any atom is 0.416 e. The van der Waals surface area contributed by atoms with Crippen molar-refractivity contribution in [3.05, 3.63) is 34.9 Å². The highest BCUT2D eigenvalue weighted by molar-refractivity contribution is 5.94. The van der Waals surface area contributed by atoms with E-state index in [0.29, 0.717) is 38.0 Å². The molecule has 1 aromatic rings. The maximum atomic E-state index is 12.9. The van der Waals surface area contributed by atoms with Crippen molar-refractivity contribution in [2.24, 2.45) is 11.3 Å². The first-order valence-electron chi connectivity index (χ1n) is 9.73. The quantitative estimate of drug-likeness (QED) is 0.794. The van der Waals surface area contributed by atoms with Gasteiger partial charge in [0, 0.05) is 25.2 Å². The van der Waals surface area contributed by atoms with Crippen molar-refractivity contribution in [3.8, 4) is 0 Å². The van der Waals surface area contributed by atoms with Crippen LogP contribution in [0.1, 0.15) is 55.1 Å². The van der Waals surface area contributed by atoms with E-state index in [1.807, 2.05) is 0 Å². The monoisotopic (exact) mass is 414 g/mol. The third-order valence-corrected chi connectivity index (χ3v) is 5.20. The van der Waals surface area contributed by atoms with Gasteiger partial charge in [-0.15, -0.1) is 0 Å². The topological polar surface area (TPSA) is 69.6 Å². The molecule has 0 bridgehead atoms. The molecule has 1 aliphatic heterocycles. The number of piperidine rings is 1. The highest BCUT2D eigenvalue weighted by Gasteiger charge is 2.34. The predicted molar refractivity (Wildman–Crippen MR) is 103 cm³/mol. The molecule has 0 aliphatic carbocycles. The zero-order chi connectivity index (χ0) is 22.0. The number of amides is 2. The number of carbonyl (C=O) groups is 2. The first-order chi connectivity index (χ1) is 13.3. The molecule has 1 heterocycles. The molecule has 1 atom stereocenters. The Kier molecular flexibility index (Phi) is 6.98. The van der Waals surface area contributed by atoms with Gasteiger partial charge in [0.25, 0.3) is 11.8 Å². The molecule has 0 spiro atoms. The summed E-state index contributed by atoms with van der Waals surface area (Å²) in [5.41, 5.74) is -1.02. The number of aryl methyl sites for hydroxylation is 1. The fraction of sp³-hybridized carbons (Fsp3) is 0.619. The van der Waals surface area contributed by atoms with E-state index in [-0.39, 0.29) is 17.4 Å². The minimum absolute atomic E-state index is 0.0155. The van der Waals surface area contributed by atoms with Crippen molar-refractivity contribution in [2.75, 3.05) is 19.6 Å². The number of alkyl halides is 3. The van der Waals surface area contributed by atoms with Crippen LogP contribution in [0.5, 0.6) is 0 Å². The van der Waals surface area contributed by atoms with E-state index in [1.165, 1.54) is 13.0 Å². The number of carbonyl (C=O) groups excluding carboxylic acids is 2. The molecule has 0 unspecified atom stereocenters. The molecule has 162 valence electrons. The average molecular weight is 414 g/mol. The molecule has 2 N–H and O–H groups in total. The van der Waals surface area contributed by atoms with Gasteiger partial charge in [-0.05, 0) is 54.9 Å². The number of halogens is 3. The number of aliphatic hydroxyl groups excluding tert-OH is 1. The molecule has 2 amide bonds. The Morgan fingerprint density at radius 2 is 1.76 bits per heavy atom. The number of nitrogens with zero attached hydrogens (tertiary/aromatic N) is 1. The van der Waals surface area contributed by atoms with Crippen LogP contribution in [0.25, 0.3) is 0 Å². The Morgan fingerprint density at radius 1 is 1.17 bits per heavy atom. The lowest BCUT2D eigenvalue weighted by atomic mass is 9.87. The molecule has 29 heavy (non-hydrogen) atoms. The van der Waals surface area contributed by atoms with Crippen molar-refractivity contribution in [1.29, 1.82) is 0 Å². The highest BCUT2D eigenvalue weighted by Crippen LogP contribution is 2.30. The molecular weight excluding hydrogens is 385 g/mol. The zero-order valence-electron chi connectivity index (χ0n) is 17.3. The van der Waals surface area contributed by atoms with Gasteiger partial charge in [0.05, 0.1) is 5.56 Å². The lowest BCUT2D eigenvalue weighted by molar-refractivity contribution is -0.147. The van der Waals surface area contributed by atoms with Gasteiger partial charge >= 0.3 is 6.18 Å². The second-order valence-corrected chi connectivity index (χ2v) is 8.83. The molecule has 0 aromatic heterocycles. The fourth-order valence-corrected chi connectivity index (χ4v) is 3.32. The summed E-state index contributed by atoms with van der Waals surface area (Å²) in [5.74, 6) is -0.707. The van der Waals surface area contributed by atoms with Crippen molar-refractivity contribution in [2.45, 2.75) is 52.8 Å². The summed E-state index contributed by atoms with van der Waals surface area (Å²) in [4.78, 5) is 26.3. The van der Waals surface area contributed by atoms with Gasteiger partial charge < -0.3 is 15.3 Å². The van der Waals surface area contributed by atoms with E-state index in [9.17, 15) is 27.9 Å². The lowest BCUT2D eigenvalue weighted by Crippen LogP contribution is -2.49. The lowest BCUT2D eigenvalue weighted by Gasteiger charge is -2.36. The zero-order valence-corrected chi connectivity index (χ0v) is 17.3. The second-order valence-electron chi connectivity index (χ2n) is 8.83. The van der Waals surface area contributed by atoms with Crippen LogP contribution < -0.4 is 5.32 Å². The van der Waals surface area contributed by atoms with Crippen LogP contribution in [0.15, 0.2) is 18.2 Å². The van der Waals surface area contributed by atoms with E-state index >= 15 is 0 Å². The van der Waals surface area contributed by atoms with E-state index < -0.39 is 29.2 Å². The SMILES string of the molecule is Cc1cc(C(=O)NCC2CCN(C(=O)[C@@H](O)C(C)(C)C)CC2)cc(C(F)(F)F)c1. The summed E-state index contributed by atoms with van der Waals surface area (Å²) in [5, 5.41) is 12.9. The van der Waals surface area contributed by atoms with E-state index in [2.05, 4.69) is 5.32 Å². The van der Waals surface area contributed by atoms with Gasteiger partial charge in [-0.2, -0.15) is 13.2 Å². The van der Waals surface area contributed by atoms with Crippen LogP contribution in [-0.4, -0.2) is 47.6 Å². The van der Waals surface area contributed by atoms with Crippen LogP contribution in [-0.2, 0) is 11.0 Å².